The number of aromatic nitrogens is 1. The van der Waals surface area contributed by atoms with Crippen LogP contribution in [0.15, 0.2) is 36.5 Å². The Morgan fingerprint density at radius 2 is 1.88 bits per heavy atom. The van der Waals surface area contributed by atoms with Crippen LogP contribution in [0.2, 0.25) is 0 Å². The first kappa shape index (κ1) is 10.5. The predicted octanol–water partition coefficient (Wildman–Crippen LogP) is 3.07. The van der Waals surface area contributed by atoms with E-state index in [2.05, 4.69) is 4.98 Å². The number of para-hydroxylation sites is 1. The Morgan fingerprint density at radius 1 is 1.12 bits per heavy atom. The Labute approximate surface area is 94.9 Å². The normalized spacial score (nSPS) is 10.1. The van der Waals surface area contributed by atoms with Gasteiger partial charge in [-0.2, -0.15) is 0 Å². The molecule has 0 aliphatic heterocycles. The van der Waals surface area contributed by atoms with Crippen LogP contribution >= 0.6 is 0 Å². The highest BCUT2D eigenvalue weighted by molar-refractivity contribution is 5.48. The van der Waals surface area contributed by atoms with Crippen molar-refractivity contribution in [3.8, 4) is 11.6 Å². The molecule has 0 fully saturated rings. The van der Waals surface area contributed by atoms with Gasteiger partial charge < -0.3 is 10.5 Å². The Kier molecular flexibility index (Phi) is 2.77. The molecule has 0 saturated heterocycles. The number of benzene rings is 1. The summed E-state index contributed by atoms with van der Waals surface area (Å²) < 4.78 is 5.65. The number of anilines is 1. The van der Waals surface area contributed by atoms with Gasteiger partial charge in [0.05, 0.1) is 0 Å². The van der Waals surface area contributed by atoms with E-state index in [4.69, 9.17) is 10.5 Å². The zero-order valence-electron chi connectivity index (χ0n) is 9.40. The van der Waals surface area contributed by atoms with Gasteiger partial charge >= 0.3 is 0 Å². The lowest BCUT2D eigenvalue weighted by atomic mass is 10.2. The lowest BCUT2D eigenvalue weighted by Gasteiger charge is -2.08. The maximum absolute atomic E-state index is 5.79. The number of nitrogens with zero attached hydrogens (tertiary/aromatic N) is 1. The first-order valence-corrected chi connectivity index (χ1v) is 5.12. The van der Waals surface area contributed by atoms with Gasteiger partial charge in [0.1, 0.15) is 5.75 Å². The largest absolute Gasteiger partial charge is 0.439 e. The summed E-state index contributed by atoms with van der Waals surface area (Å²) in [6.07, 6.45) is 1.71. The summed E-state index contributed by atoms with van der Waals surface area (Å²) in [5, 5.41) is 0. The minimum atomic E-state index is 0.525. The van der Waals surface area contributed by atoms with Gasteiger partial charge in [0.2, 0.25) is 5.88 Å². The molecule has 0 aliphatic carbocycles. The molecule has 0 spiro atoms. The molecule has 82 valence electrons. The molecule has 2 rings (SSSR count). The lowest BCUT2D eigenvalue weighted by Crippen LogP contribution is -1.94. The molecule has 2 N–H and O–H groups in total. The Hall–Kier alpha value is -2.03. The summed E-state index contributed by atoms with van der Waals surface area (Å²) in [4.78, 5) is 4.17. The van der Waals surface area contributed by atoms with Crippen molar-refractivity contribution in [3.05, 3.63) is 47.7 Å². The summed E-state index contributed by atoms with van der Waals surface area (Å²) in [5.74, 6) is 1.33. The topological polar surface area (TPSA) is 48.1 Å². The summed E-state index contributed by atoms with van der Waals surface area (Å²) >= 11 is 0. The maximum atomic E-state index is 5.79. The Bertz CT molecular complexity index is 509. The fourth-order valence-corrected chi connectivity index (χ4v) is 1.36. The first-order chi connectivity index (χ1) is 7.66. The third-order valence-electron chi connectivity index (χ3n) is 2.43. The van der Waals surface area contributed by atoms with Gasteiger partial charge in [0, 0.05) is 18.0 Å². The molecule has 1 aromatic carbocycles. The number of pyridine rings is 1. The van der Waals surface area contributed by atoms with E-state index in [1.807, 2.05) is 38.1 Å². The molecule has 0 radical (unpaired) electrons. The molecule has 3 heteroatoms. The second-order valence-electron chi connectivity index (χ2n) is 3.75. The first-order valence-electron chi connectivity index (χ1n) is 5.12. The fourth-order valence-electron chi connectivity index (χ4n) is 1.36. The van der Waals surface area contributed by atoms with E-state index >= 15 is 0 Å². The average molecular weight is 214 g/mol. The summed E-state index contributed by atoms with van der Waals surface area (Å²) in [7, 11) is 0. The van der Waals surface area contributed by atoms with Crippen LogP contribution in [0.1, 0.15) is 11.1 Å². The minimum Gasteiger partial charge on any atom is -0.439 e. The van der Waals surface area contributed by atoms with Crippen molar-refractivity contribution in [2.45, 2.75) is 13.8 Å². The maximum Gasteiger partial charge on any atom is 0.221 e. The summed E-state index contributed by atoms with van der Waals surface area (Å²) in [6, 6.07) is 9.54. The number of rotatable bonds is 2. The zero-order valence-corrected chi connectivity index (χ0v) is 9.40. The molecule has 0 bridgehead atoms. The second kappa shape index (κ2) is 4.23. The van der Waals surface area contributed by atoms with Crippen LogP contribution in [0.25, 0.3) is 0 Å². The molecule has 1 aromatic heterocycles. The average Bonchev–Trinajstić information content (AvgIpc) is 2.27. The van der Waals surface area contributed by atoms with Crippen molar-refractivity contribution in [1.29, 1.82) is 0 Å². The molecule has 0 unspecified atom stereocenters. The molecule has 0 aliphatic rings. The zero-order chi connectivity index (χ0) is 11.5. The lowest BCUT2D eigenvalue weighted by molar-refractivity contribution is 0.459. The van der Waals surface area contributed by atoms with Gasteiger partial charge in [0.15, 0.2) is 0 Å². The molecule has 2 aromatic rings. The monoisotopic (exact) mass is 214 g/mol. The third kappa shape index (κ3) is 2.14. The molecule has 3 nitrogen and oxygen atoms in total. The van der Waals surface area contributed by atoms with Crippen LogP contribution < -0.4 is 10.5 Å². The molecule has 0 amide bonds. The van der Waals surface area contributed by atoms with Gasteiger partial charge in [-0.25, -0.2) is 4.98 Å². The molecule has 1 heterocycles. The molecular weight excluding hydrogens is 200 g/mol. The highest BCUT2D eigenvalue weighted by Gasteiger charge is 2.03. The van der Waals surface area contributed by atoms with Crippen LogP contribution in [0, 0.1) is 13.8 Å². The van der Waals surface area contributed by atoms with Gasteiger partial charge in [-0.15, -0.1) is 0 Å². The number of ether oxygens (including phenoxy) is 1. The Balaban J connectivity index is 2.28. The van der Waals surface area contributed by atoms with E-state index in [1.165, 1.54) is 0 Å². The van der Waals surface area contributed by atoms with Crippen molar-refractivity contribution in [1.82, 2.24) is 4.98 Å². The highest BCUT2D eigenvalue weighted by Crippen LogP contribution is 2.24. The van der Waals surface area contributed by atoms with Crippen molar-refractivity contribution < 1.29 is 4.74 Å². The van der Waals surface area contributed by atoms with Crippen molar-refractivity contribution in [2.24, 2.45) is 0 Å². The van der Waals surface area contributed by atoms with E-state index in [-0.39, 0.29) is 0 Å². The van der Waals surface area contributed by atoms with Gasteiger partial charge in [-0.1, -0.05) is 18.2 Å². The number of nitrogen functional groups attached to an aromatic ring is 1. The number of hydrogen-bond acceptors (Lipinski definition) is 3. The highest BCUT2D eigenvalue weighted by atomic mass is 16.5. The number of hydrogen-bond donors (Lipinski definition) is 1. The molecular formula is C13H14N2O. The number of aryl methyl sites for hydroxylation is 2. The van der Waals surface area contributed by atoms with E-state index in [0.717, 1.165) is 16.9 Å². The summed E-state index contributed by atoms with van der Waals surface area (Å²) in [5.41, 5.74) is 8.51. The van der Waals surface area contributed by atoms with Crippen LogP contribution in [0.3, 0.4) is 0 Å². The van der Waals surface area contributed by atoms with Gasteiger partial charge in [-0.05, 0) is 31.0 Å². The van der Waals surface area contributed by atoms with Crippen molar-refractivity contribution in [2.75, 3.05) is 5.73 Å². The summed E-state index contributed by atoms with van der Waals surface area (Å²) in [6.45, 7) is 3.91. The quantitative estimate of drug-likeness (QED) is 0.835. The second-order valence-corrected chi connectivity index (χ2v) is 3.75. The smallest absolute Gasteiger partial charge is 0.221 e. The predicted molar refractivity (Wildman–Crippen MR) is 64.6 cm³/mol. The van der Waals surface area contributed by atoms with Crippen LogP contribution in [-0.4, -0.2) is 4.98 Å². The van der Waals surface area contributed by atoms with E-state index in [9.17, 15) is 0 Å². The standard InChI is InChI=1S/C13H14N2O/c1-9-5-3-4-6-12(9)16-13-7-11(14)10(2)8-15-13/h3-8H,1-2H3,(H2,14,15). The van der Waals surface area contributed by atoms with E-state index in [0.29, 0.717) is 11.6 Å². The molecule has 0 saturated carbocycles. The Morgan fingerprint density at radius 3 is 2.56 bits per heavy atom. The van der Waals surface area contributed by atoms with Crippen LogP contribution in [0.5, 0.6) is 11.6 Å². The third-order valence-corrected chi connectivity index (χ3v) is 2.43. The van der Waals surface area contributed by atoms with Crippen molar-refractivity contribution in [3.63, 3.8) is 0 Å². The van der Waals surface area contributed by atoms with Gasteiger partial charge in [0.25, 0.3) is 0 Å². The fraction of sp³-hybridized carbons (Fsp3) is 0.154. The molecule has 16 heavy (non-hydrogen) atoms. The minimum absolute atomic E-state index is 0.525. The van der Waals surface area contributed by atoms with Gasteiger partial charge in [-0.3, -0.25) is 0 Å². The SMILES string of the molecule is Cc1cnc(Oc2ccccc2C)cc1N. The van der Waals surface area contributed by atoms with Crippen LogP contribution in [0.4, 0.5) is 5.69 Å². The molecule has 0 atom stereocenters. The van der Waals surface area contributed by atoms with Crippen LogP contribution in [-0.2, 0) is 0 Å². The van der Waals surface area contributed by atoms with E-state index < -0.39 is 0 Å². The number of nitrogens with two attached hydrogens (primary N) is 1. The van der Waals surface area contributed by atoms with E-state index in [1.54, 1.807) is 12.3 Å². The van der Waals surface area contributed by atoms with Crippen molar-refractivity contribution >= 4 is 5.69 Å².